The molecule has 2 rings (SSSR count). The third-order valence-electron chi connectivity index (χ3n) is 2.78. The number of piperazine rings is 1. The van der Waals surface area contributed by atoms with Crippen LogP contribution in [0.4, 0.5) is 10.1 Å². The second-order valence-electron chi connectivity index (χ2n) is 3.76. The van der Waals surface area contributed by atoms with E-state index in [0.717, 1.165) is 26.2 Å². The molecule has 1 fully saturated rings. The number of rotatable bonds is 1. The van der Waals surface area contributed by atoms with Crippen LogP contribution in [0.15, 0.2) is 24.3 Å². The fourth-order valence-electron chi connectivity index (χ4n) is 1.88. The maximum absolute atomic E-state index is 13.5. The first-order valence-corrected chi connectivity index (χ1v) is 5.63. The summed E-state index contributed by atoms with van der Waals surface area (Å²) >= 11 is 4.91. The third kappa shape index (κ3) is 2.24. The summed E-state index contributed by atoms with van der Waals surface area (Å²) in [5.74, 6) is -0.175. The number of para-hydroxylation sites is 1. The summed E-state index contributed by atoms with van der Waals surface area (Å²) in [5.41, 5.74) is 6.20. The van der Waals surface area contributed by atoms with Crippen LogP contribution in [0.5, 0.6) is 0 Å². The van der Waals surface area contributed by atoms with E-state index in [0.29, 0.717) is 10.8 Å². The molecular formula is C11H14FN3S. The topological polar surface area (TPSA) is 32.5 Å². The Labute approximate surface area is 99.6 Å². The second kappa shape index (κ2) is 4.65. The van der Waals surface area contributed by atoms with Gasteiger partial charge in [0.25, 0.3) is 0 Å². The van der Waals surface area contributed by atoms with E-state index in [2.05, 4.69) is 0 Å². The molecule has 3 nitrogen and oxygen atoms in total. The summed E-state index contributed by atoms with van der Waals surface area (Å²) in [4.78, 5) is 3.96. The van der Waals surface area contributed by atoms with Gasteiger partial charge in [-0.05, 0) is 24.4 Å². The Morgan fingerprint density at radius 3 is 2.38 bits per heavy atom. The van der Waals surface area contributed by atoms with E-state index in [1.54, 1.807) is 12.1 Å². The van der Waals surface area contributed by atoms with Gasteiger partial charge in [-0.25, -0.2) is 4.39 Å². The van der Waals surface area contributed by atoms with Crippen LogP contribution < -0.4 is 10.6 Å². The second-order valence-corrected chi connectivity index (χ2v) is 4.18. The van der Waals surface area contributed by atoms with Crippen molar-refractivity contribution in [2.45, 2.75) is 0 Å². The largest absolute Gasteiger partial charge is 0.376 e. The number of hydrogen-bond acceptors (Lipinski definition) is 2. The average molecular weight is 239 g/mol. The number of hydrogen-bond donors (Lipinski definition) is 1. The minimum atomic E-state index is -0.175. The number of thiocarbonyl (C=S) groups is 1. The molecule has 1 heterocycles. The van der Waals surface area contributed by atoms with E-state index < -0.39 is 0 Å². The van der Waals surface area contributed by atoms with Gasteiger partial charge in [-0.15, -0.1) is 0 Å². The lowest BCUT2D eigenvalue weighted by atomic mass is 10.2. The summed E-state index contributed by atoms with van der Waals surface area (Å²) in [6.45, 7) is 3.00. The summed E-state index contributed by atoms with van der Waals surface area (Å²) in [5, 5.41) is 0.424. The van der Waals surface area contributed by atoms with Crippen LogP contribution in [0.25, 0.3) is 0 Å². The molecule has 16 heavy (non-hydrogen) atoms. The predicted octanol–water partition coefficient (Wildman–Crippen LogP) is 1.19. The normalized spacial score (nSPS) is 16.3. The van der Waals surface area contributed by atoms with Crippen LogP contribution in [-0.2, 0) is 0 Å². The van der Waals surface area contributed by atoms with Gasteiger partial charge in [0, 0.05) is 26.2 Å². The Bertz CT molecular complexity index is 389. The van der Waals surface area contributed by atoms with E-state index in [-0.39, 0.29) is 5.82 Å². The van der Waals surface area contributed by atoms with Crippen molar-refractivity contribution in [3.8, 4) is 0 Å². The molecule has 0 radical (unpaired) electrons. The molecule has 86 valence electrons. The lowest BCUT2D eigenvalue weighted by Gasteiger charge is -2.36. The number of nitrogens with two attached hydrogens (primary N) is 1. The molecule has 5 heteroatoms. The standard InChI is InChI=1S/C11H14FN3S/c12-9-3-1-2-4-10(9)14-5-7-15(8-6-14)11(13)16/h1-4H,5-8H2,(H2,13,16). The van der Waals surface area contributed by atoms with Crippen LogP contribution in [0.3, 0.4) is 0 Å². The fraction of sp³-hybridized carbons (Fsp3) is 0.364. The van der Waals surface area contributed by atoms with Crippen molar-refractivity contribution in [1.82, 2.24) is 4.90 Å². The van der Waals surface area contributed by atoms with Gasteiger partial charge in [-0.1, -0.05) is 12.1 Å². The molecule has 0 spiro atoms. The van der Waals surface area contributed by atoms with Gasteiger partial charge in [0.05, 0.1) is 5.69 Å². The van der Waals surface area contributed by atoms with Crippen molar-refractivity contribution in [3.63, 3.8) is 0 Å². The Morgan fingerprint density at radius 1 is 1.19 bits per heavy atom. The zero-order valence-corrected chi connectivity index (χ0v) is 9.71. The molecule has 1 saturated heterocycles. The van der Waals surface area contributed by atoms with E-state index in [1.165, 1.54) is 6.07 Å². The van der Waals surface area contributed by atoms with Crippen molar-refractivity contribution >= 4 is 23.0 Å². The highest BCUT2D eigenvalue weighted by molar-refractivity contribution is 7.80. The monoisotopic (exact) mass is 239 g/mol. The molecule has 0 aromatic heterocycles. The number of nitrogens with zero attached hydrogens (tertiary/aromatic N) is 2. The van der Waals surface area contributed by atoms with Gasteiger partial charge in [-0.2, -0.15) is 0 Å². The number of anilines is 1. The highest BCUT2D eigenvalue weighted by atomic mass is 32.1. The van der Waals surface area contributed by atoms with E-state index >= 15 is 0 Å². The molecule has 0 unspecified atom stereocenters. The Kier molecular flexibility index (Phi) is 3.24. The summed E-state index contributed by atoms with van der Waals surface area (Å²) in [6, 6.07) is 6.82. The van der Waals surface area contributed by atoms with Crippen LogP contribution in [0.1, 0.15) is 0 Å². The number of halogens is 1. The summed E-state index contributed by atoms with van der Waals surface area (Å²) in [6.07, 6.45) is 0. The summed E-state index contributed by atoms with van der Waals surface area (Å²) < 4.78 is 13.5. The van der Waals surface area contributed by atoms with E-state index in [9.17, 15) is 4.39 Å². The van der Waals surface area contributed by atoms with Crippen molar-refractivity contribution in [2.24, 2.45) is 5.73 Å². The van der Waals surface area contributed by atoms with Crippen LogP contribution >= 0.6 is 12.2 Å². The lowest BCUT2D eigenvalue weighted by molar-refractivity contribution is 0.386. The smallest absolute Gasteiger partial charge is 0.166 e. The first-order chi connectivity index (χ1) is 7.68. The summed E-state index contributed by atoms with van der Waals surface area (Å²) in [7, 11) is 0. The van der Waals surface area contributed by atoms with Gasteiger partial charge in [0.15, 0.2) is 5.11 Å². The van der Waals surface area contributed by atoms with Gasteiger partial charge < -0.3 is 15.5 Å². The van der Waals surface area contributed by atoms with Gasteiger partial charge in [0.2, 0.25) is 0 Å². The molecule has 0 bridgehead atoms. The zero-order valence-electron chi connectivity index (χ0n) is 8.90. The quantitative estimate of drug-likeness (QED) is 0.746. The fourth-order valence-corrected chi connectivity index (χ4v) is 2.06. The van der Waals surface area contributed by atoms with Gasteiger partial charge >= 0.3 is 0 Å². The Hall–Kier alpha value is -1.36. The van der Waals surface area contributed by atoms with Crippen LogP contribution in [0, 0.1) is 5.82 Å². The Morgan fingerprint density at radius 2 is 1.81 bits per heavy atom. The molecule has 2 N–H and O–H groups in total. The predicted molar refractivity (Wildman–Crippen MR) is 67.0 cm³/mol. The van der Waals surface area contributed by atoms with E-state index in [1.807, 2.05) is 15.9 Å². The molecule has 0 atom stereocenters. The molecule has 0 saturated carbocycles. The molecule has 1 aliphatic heterocycles. The maximum atomic E-state index is 13.5. The molecule has 1 aliphatic rings. The molecule has 0 amide bonds. The minimum absolute atomic E-state index is 0.175. The zero-order chi connectivity index (χ0) is 11.5. The first kappa shape index (κ1) is 11.1. The van der Waals surface area contributed by atoms with E-state index in [4.69, 9.17) is 18.0 Å². The van der Waals surface area contributed by atoms with Crippen molar-refractivity contribution < 1.29 is 4.39 Å². The SMILES string of the molecule is NC(=S)N1CCN(c2ccccc2F)CC1. The highest BCUT2D eigenvalue weighted by Crippen LogP contribution is 2.19. The molecule has 0 aliphatic carbocycles. The Balaban J connectivity index is 2.05. The molecule has 1 aromatic rings. The van der Waals surface area contributed by atoms with Gasteiger partial charge in [0.1, 0.15) is 5.82 Å². The van der Waals surface area contributed by atoms with Gasteiger partial charge in [-0.3, -0.25) is 0 Å². The van der Waals surface area contributed by atoms with Crippen LogP contribution in [0.2, 0.25) is 0 Å². The highest BCUT2D eigenvalue weighted by Gasteiger charge is 2.19. The van der Waals surface area contributed by atoms with Crippen LogP contribution in [-0.4, -0.2) is 36.2 Å². The lowest BCUT2D eigenvalue weighted by Crippen LogP contribution is -2.50. The average Bonchev–Trinajstić information content (AvgIpc) is 2.30. The molecular weight excluding hydrogens is 225 g/mol. The maximum Gasteiger partial charge on any atom is 0.166 e. The van der Waals surface area contributed by atoms with Crippen molar-refractivity contribution in [2.75, 3.05) is 31.1 Å². The van der Waals surface area contributed by atoms with Crippen molar-refractivity contribution in [1.29, 1.82) is 0 Å². The van der Waals surface area contributed by atoms with Crippen molar-refractivity contribution in [3.05, 3.63) is 30.1 Å². The minimum Gasteiger partial charge on any atom is -0.376 e. The first-order valence-electron chi connectivity index (χ1n) is 5.22. The molecule has 1 aromatic carbocycles. The third-order valence-corrected chi connectivity index (χ3v) is 3.04. The number of benzene rings is 1.